The van der Waals surface area contributed by atoms with E-state index in [1.807, 2.05) is 19.1 Å². The minimum Gasteiger partial charge on any atom is -0.393 e. The molecule has 0 saturated heterocycles. The van der Waals surface area contributed by atoms with Crippen LogP contribution in [0, 0.1) is 12.8 Å². The van der Waals surface area contributed by atoms with Crippen molar-refractivity contribution in [3.8, 4) is 0 Å². The summed E-state index contributed by atoms with van der Waals surface area (Å²) in [7, 11) is 0. The molecule has 2 atom stereocenters. The Labute approximate surface area is 120 Å². The van der Waals surface area contributed by atoms with E-state index in [-0.39, 0.29) is 18.0 Å². The van der Waals surface area contributed by atoms with Crippen molar-refractivity contribution in [1.82, 2.24) is 15.6 Å². The minimum absolute atomic E-state index is 0.122. The smallest absolute Gasteiger partial charge is 0.315 e. The van der Waals surface area contributed by atoms with E-state index >= 15 is 0 Å². The lowest BCUT2D eigenvalue weighted by Crippen LogP contribution is -2.41. The molecule has 112 valence electrons. The highest BCUT2D eigenvalue weighted by Crippen LogP contribution is 2.22. The summed E-state index contributed by atoms with van der Waals surface area (Å²) in [6, 6.07) is 3.53. The standard InChI is InChI=1S/C15H25N3O2/c1-10(2)13(14-11(3)6-5-8-16-14)18-15(20)17-9-7-12(4)19/h5-6,8,10,12-13,19H,7,9H2,1-4H3,(H2,17,18,20). The molecule has 5 heteroatoms. The molecule has 0 bridgehead atoms. The number of carbonyl (C=O) groups excluding carboxylic acids is 1. The Kier molecular flexibility index (Phi) is 6.45. The van der Waals surface area contributed by atoms with E-state index in [9.17, 15) is 4.79 Å². The normalized spacial score (nSPS) is 13.9. The molecule has 0 radical (unpaired) electrons. The molecular formula is C15H25N3O2. The van der Waals surface area contributed by atoms with Crippen LogP contribution in [0.2, 0.25) is 0 Å². The lowest BCUT2D eigenvalue weighted by atomic mass is 9.97. The van der Waals surface area contributed by atoms with Crippen molar-refractivity contribution in [2.24, 2.45) is 5.92 Å². The summed E-state index contributed by atoms with van der Waals surface area (Å²) in [6.45, 7) is 8.25. The van der Waals surface area contributed by atoms with Gasteiger partial charge in [0.25, 0.3) is 0 Å². The lowest BCUT2D eigenvalue weighted by Gasteiger charge is -2.23. The molecule has 0 aliphatic carbocycles. The van der Waals surface area contributed by atoms with Crippen LogP contribution >= 0.6 is 0 Å². The van der Waals surface area contributed by atoms with Crippen molar-refractivity contribution in [3.05, 3.63) is 29.6 Å². The van der Waals surface area contributed by atoms with Crippen molar-refractivity contribution in [2.75, 3.05) is 6.54 Å². The molecule has 5 nitrogen and oxygen atoms in total. The van der Waals surface area contributed by atoms with E-state index in [1.165, 1.54) is 0 Å². The number of urea groups is 1. The Morgan fingerprint density at radius 1 is 1.40 bits per heavy atom. The number of aliphatic hydroxyl groups is 1. The Hall–Kier alpha value is -1.62. The van der Waals surface area contributed by atoms with Crippen LogP contribution in [0.1, 0.15) is 44.5 Å². The second-order valence-electron chi connectivity index (χ2n) is 5.47. The predicted octanol–water partition coefficient (Wildman–Crippen LogP) is 2.16. The topological polar surface area (TPSA) is 74.2 Å². The van der Waals surface area contributed by atoms with Gasteiger partial charge in [-0.3, -0.25) is 4.98 Å². The first kappa shape index (κ1) is 16.4. The van der Waals surface area contributed by atoms with Gasteiger partial charge in [0, 0.05) is 12.7 Å². The molecule has 0 fully saturated rings. The zero-order valence-electron chi connectivity index (χ0n) is 12.7. The zero-order valence-corrected chi connectivity index (χ0v) is 12.7. The number of rotatable bonds is 6. The molecule has 2 amide bonds. The number of amides is 2. The number of nitrogens with one attached hydrogen (secondary N) is 2. The molecule has 1 heterocycles. The van der Waals surface area contributed by atoms with Crippen LogP contribution in [0.5, 0.6) is 0 Å². The Bertz CT molecular complexity index is 433. The first-order chi connectivity index (χ1) is 9.41. The van der Waals surface area contributed by atoms with Crippen LogP contribution in [0.3, 0.4) is 0 Å². The first-order valence-corrected chi connectivity index (χ1v) is 7.05. The molecule has 1 rings (SSSR count). The lowest BCUT2D eigenvalue weighted by molar-refractivity contribution is 0.183. The van der Waals surface area contributed by atoms with Crippen LogP contribution < -0.4 is 10.6 Å². The quantitative estimate of drug-likeness (QED) is 0.747. The van der Waals surface area contributed by atoms with E-state index in [1.54, 1.807) is 13.1 Å². The number of aliphatic hydroxyl groups excluding tert-OH is 1. The zero-order chi connectivity index (χ0) is 15.1. The van der Waals surface area contributed by atoms with E-state index in [4.69, 9.17) is 5.11 Å². The van der Waals surface area contributed by atoms with Gasteiger partial charge in [-0.15, -0.1) is 0 Å². The summed E-state index contributed by atoms with van der Waals surface area (Å²) in [5.74, 6) is 0.242. The number of aromatic nitrogens is 1. The summed E-state index contributed by atoms with van der Waals surface area (Å²) >= 11 is 0. The number of hydrogen-bond acceptors (Lipinski definition) is 3. The molecule has 0 aliphatic heterocycles. The molecule has 2 unspecified atom stereocenters. The van der Waals surface area contributed by atoms with Crippen molar-refractivity contribution in [1.29, 1.82) is 0 Å². The maximum absolute atomic E-state index is 11.9. The number of pyridine rings is 1. The number of hydrogen-bond donors (Lipinski definition) is 3. The first-order valence-electron chi connectivity index (χ1n) is 7.05. The fourth-order valence-corrected chi connectivity index (χ4v) is 1.96. The molecule has 0 spiro atoms. The third-order valence-corrected chi connectivity index (χ3v) is 3.15. The van der Waals surface area contributed by atoms with Crippen molar-refractivity contribution in [2.45, 2.75) is 46.3 Å². The summed E-state index contributed by atoms with van der Waals surface area (Å²) in [6.07, 6.45) is 1.88. The average molecular weight is 279 g/mol. The number of aryl methyl sites for hydroxylation is 1. The van der Waals surface area contributed by atoms with E-state index in [2.05, 4.69) is 29.5 Å². The molecule has 0 saturated carbocycles. The fourth-order valence-electron chi connectivity index (χ4n) is 1.96. The fraction of sp³-hybridized carbons (Fsp3) is 0.600. The van der Waals surface area contributed by atoms with Crippen molar-refractivity contribution < 1.29 is 9.90 Å². The Morgan fingerprint density at radius 2 is 2.10 bits per heavy atom. The van der Waals surface area contributed by atoms with E-state index < -0.39 is 6.10 Å². The minimum atomic E-state index is -0.408. The third kappa shape index (κ3) is 5.17. The van der Waals surface area contributed by atoms with Crippen LogP contribution in [-0.4, -0.2) is 28.8 Å². The van der Waals surface area contributed by atoms with Gasteiger partial charge in [-0.2, -0.15) is 0 Å². The summed E-state index contributed by atoms with van der Waals surface area (Å²) in [4.78, 5) is 16.3. The highest BCUT2D eigenvalue weighted by molar-refractivity contribution is 5.74. The average Bonchev–Trinajstić information content (AvgIpc) is 2.36. The molecule has 1 aromatic heterocycles. The van der Waals surface area contributed by atoms with Crippen LogP contribution in [0.4, 0.5) is 4.79 Å². The van der Waals surface area contributed by atoms with Crippen LogP contribution in [0.15, 0.2) is 18.3 Å². The number of nitrogens with zero attached hydrogens (tertiary/aromatic N) is 1. The van der Waals surface area contributed by atoms with Gasteiger partial charge in [0.15, 0.2) is 0 Å². The largest absolute Gasteiger partial charge is 0.393 e. The summed E-state index contributed by atoms with van der Waals surface area (Å²) in [5.41, 5.74) is 1.96. The van der Waals surface area contributed by atoms with Gasteiger partial charge in [0.2, 0.25) is 0 Å². The van der Waals surface area contributed by atoms with E-state index in [0.717, 1.165) is 11.3 Å². The van der Waals surface area contributed by atoms with Crippen molar-refractivity contribution in [3.63, 3.8) is 0 Å². The van der Waals surface area contributed by atoms with Gasteiger partial charge in [0.1, 0.15) is 0 Å². The summed E-state index contributed by atoms with van der Waals surface area (Å²) < 4.78 is 0. The second kappa shape index (κ2) is 7.85. The van der Waals surface area contributed by atoms with Crippen LogP contribution in [0.25, 0.3) is 0 Å². The number of carbonyl (C=O) groups is 1. The predicted molar refractivity (Wildman–Crippen MR) is 79.4 cm³/mol. The van der Waals surface area contributed by atoms with Gasteiger partial charge in [-0.05, 0) is 37.8 Å². The molecule has 3 N–H and O–H groups in total. The van der Waals surface area contributed by atoms with Gasteiger partial charge < -0.3 is 15.7 Å². The van der Waals surface area contributed by atoms with E-state index in [0.29, 0.717) is 13.0 Å². The molecule has 0 aliphatic rings. The summed E-state index contributed by atoms with van der Waals surface area (Å²) in [5, 5.41) is 14.9. The second-order valence-corrected chi connectivity index (χ2v) is 5.47. The SMILES string of the molecule is Cc1cccnc1C(NC(=O)NCCC(C)O)C(C)C. The Morgan fingerprint density at radius 3 is 2.65 bits per heavy atom. The molecular weight excluding hydrogens is 254 g/mol. The highest BCUT2D eigenvalue weighted by atomic mass is 16.3. The van der Waals surface area contributed by atoms with Crippen molar-refractivity contribution >= 4 is 6.03 Å². The molecule has 1 aromatic rings. The third-order valence-electron chi connectivity index (χ3n) is 3.15. The molecule has 0 aromatic carbocycles. The van der Waals surface area contributed by atoms with Gasteiger partial charge >= 0.3 is 6.03 Å². The highest BCUT2D eigenvalue weighted by Gasteiger charge is 2.20. The van der Waals surface area contributed by atoms with Gasteiger partial charge in [-0.25, -0.2) is 4.79 Å². The monoisotopic (exact) mass is 279 g/mol. The molecule has 20 heavy (non-hydrogen) atoms. The van der Waals surface area contributed by atoms with Gasteiger partial charge in [0.05, 0.1) is 17.8 Å². The van der Waals surface area contributed by atoms with Gasteiger partial charge in [-0.1, -0.05) is 19.9 Å². The maximum Gasteiger partial charge on any atom is 0.315 e. The maximum atomic E-state index is 11.9. The Balaban J connectivity index is 2.64. The van der Waals surface area contributed by atoms with Crippen LogP contribution in [-0.2, 0) is 0 Å².